The lowest BCUT2D eigenvalue weighted by Crippen LogP contribution is -2.22. The number of halogens is 1. The molecular weight excluding hydrogens is 289 g/mol. The Kier molecular flexibility index (Phi) is 3.81. The van der Waals surface area contributed by atoms with E-state index in [4.69, 9.17) is 0 Å². The molecular formula is C15H14FN3OS. The Bertz CT molecular complexity index is 827. The lowest BCUT2D eigenvalue weighted by atomic mass is 10.1. The number of hydrogen-bond acceptors (Lipinski definition) is 4. The number of fused-ring (bicyclic) bond motifs is 1. The summed E-state index contributed by atoms with van der Waals surface area (Å²) in [4.78, 5) is 19.0. The van der Waals surface area contributed by atoms with E-state index in [9.17, 15) is 9.18 Å². The van der Waals surface area contributed by atoms with Gasteiger partial charge in [-0.15, -0.1) is 11.3 Å². The van der Waals surface area contributed by atoms with Gasteiger partial charge in [0.1, 0.15) is 16.3 Å². The molecule has 0 fully saturated rings. The van der Waals surface area contributed by atoms with Crippen LogP contribution in [0.3, 0.4) is 0 Å². The largest absolute Gasteiger partial charge is 0.308 e. The van der Waals surface area contributed by atoms with E-state index in [1.807, 2.05) is 24.4 Å². The Morgan fingerprint density at radius 2 is 2.29 bits per heavy atom. The second-order valence-electron chi connectivity index (χ2n) is 4.81. The summed E-state index contributed by atoms with van der Waals surface area (Å²) in [5, 5.41) is 5.08. The third-order valence-corrected chi connectivity index (χ3v) is 4.19. The fourth-order valence-electron chi connectivity index (χ4n) is 2.15. The molecule has 0 radical (unpaired) electrons. The first kappa shape index (κ1) is 13.9. The van der Waals surface area contributed by atoms with Gasteiger partial charge in [0.2, 0.25) is 0 Å². The van der Waals surface area contributed by atoms with Crippen molar-refractivity contribution in [1.29, 1.82) is 0 Å². The second-order valence-corrected chi connectivity index (χ2v) is 5.72. The van der Waals surface area contributed by atoms with Gasteiger partial charge in [-0.2, -0.15) is 0 Å². The van der Waals surface area contributed by atoms with Crippen molar-refractivity contribution in [2.75, 3.05) is 0 Å². The molecule has 6 heteroatoms. The van der Waals surface area contributed by atoms with Gasteiger partial charge in [0, 0.05) is 6.04 Å². The summed E-state index contributed by atoms with van der Waals surface area (Å²) in [6.45, 7) is 2.36. The zero-order valence-electron chi connectivity index (χ0n) is 11.4. The van der Waals surface area contributed by atoms with Gasteiger partial charge in [0.25, 0.3) is 5.56 Å². The van der Waals surface area contributed by atoms with Gasteiger partial charge < -0.3 is 10.3 Å². The molecule has 2 heterocycles. The van der Waals surface area contributed by atoms with E-state index in [0.29, 0.717) is 22.6 Å². The van der Waals surface area contributed by atoms with Crippen LogP contribution in [0.25, 0.3) is 10.2 Å². The SMILES string of the molecule is C[C@@H](NCc1nc2ccsc2c(=O)[nH]1)c1cccc(F)c1. The van der Waals surface area contributed by atoms with Crippen LogP contribution >= 0.6 is 11.3 Å². The molecule has 21 heavy (non-hydrogen) atoms. The van der Waals surface area contributed by atoms with Crippen LogP contribution in [0.15, 0.2) is 40.5 Å². The van der Waals surface area contributed by atoms with E-state index in [0.717, 1.165) is 5.56 Å². The van der Waals surface area contributed by atoms with Crippen molar-refractivity contribution in [1.82, 2.24) is 15.3 Å². The number of aromatic amines is 1. The molecule has 1 aromatic carbocycles. The molecule has 0 aliphatic heterocycles. The molecule has 2 N–H and O–H groups in total. The maximum Gasteiger partial charge on any atom is 0.268 e. The maximum atomic E-state index is 13.2. The van der Waals surface area contributed by atoms with Crippen LogP contribution < -0.4 is 10.9 Å². The van der Waals surface area contributed by atoms with E-state index in [2.05, 4.69) is 15.3 Å². The topological polar surface area (TPSA) is 57.8 Å². The predicted octanol–water partition coefficient (Wildman–Crippen LogP) is 2.97. The first-order valence-electron chi connectivity index (χ1n) is 6.59. The van der Waals surface area contributed by atoms with E-state index in [-0.39, 0.29) is 17.4 Å². The molecule has 0 aliphatic carbocycles. The fraction of sp³-hybridized carbons (Fsp3) is 0.200. The molecule has 0 amide bonds. The molecule has 1 atom stereocenters. The Hall–Kier alpha value is -2.05. The van der Waals surface area contributed by atoms with Gasteiger partial charge in [0.05, 0.1) is 12.1 Å². The molecule has 0 spiro atoms. The smallest absolute Gasteiger partial charge is 0.268 e. The molecule has 108 valence electrons. The molecule has 2 aromatic heterocycles. The lowest BCUT2D eigenvalue weighted by Gasteiger charge is -2.13. The zero-order chi connectivity index (χ0) is 14.8. The standard InChI is InChI=1S/C15H14FN3OS/c1-9(10-3-2-4-11(16)7-10)17-8-13-18-12-5-6-21-14(12)15(20)19-13/h2-7,9,17H,8H2,1H3,(H,18,19,20)/t9-/m1/s1. The number of hydrogen-bond donors (Lipinski definition) is 2. The summed E-state index contributed by atoms with van der Waals surface area (Å²) < 4.78 is 13.8. The van der Waals surface area contributed by atoms with Crippen molar-refractivity contribution in [3.05, 3.63) is 63.3 Å². The van der Waals surface area contributed by atoms with Crippen molar-refractivity contribution in [2.45, 2.75) is 19.5 Å². The third kappa shape index (κ3) is 3.01. The Labute approximate surface area is 124 Å². The summed E-state index contributed by atoms with van der Waals surface area (Å²) >= 11 is 1.38. The Morgan fingerprint density at radius 1 is 1.43 bits per heavy atom. The number of benzene rings is 1. The second kappa shape index (κ2) is 5.75. The monoisotopic (exact) mass is 303 g/mol. The zero-order valence-corrected chi connectivity index (χ0v) is 12.2. The highest BCUT2D eigenvalue weighted by Crippen LogP contribution is 2.15. The van der Waals surface area contributed by atoms with Crippen LogP contribution in [0.2, 0.25) is 0 Å². The van der Waals surface area contributed by atoms with Gasteiger partial charge >= 0.3 is 0 Å². The molecule has 0 saturated heterocycles. The number of H-pyrrole nitrogens is 1. The summed E-state index contributed by atoms with van der Waals surface area (Å²) in [6, 6.07) is 8.24. The van der Waals surface area contributed by atoms with E-state index in [1.54, 1.807) is 6.07 Å². The Morgan fingerprint density at radius 3 is 3.10 bits per heavy atom. The van der Waals surface area contributed by atoms with Crippen LogP contribution in [0.5, 0.6) is 0 Å². The minimum Gasteiger partial charge on any atom is -0.308 e. The average Bonchev–Trinajstić information content (AvgIpc) is 2.93. The fourth-order valence-corrected chi connectivity index (χ4v) is 2.87. The maximum absolute atomic E-state index is 13.2. The van der Waals surface area contributed by atoms with Gasteiger partial charge in [0.15, 0.2) is 0 Å². The normalized spacial score (nSPS) is 12.7. The quantitative estimate of drug-likeness (QED) is 0.779. The molecule has 4 nitrogen and oxygen atoms in total. The molecule has 0 bridgehead atoms. The molecule has 3 aromatic rings. The van der Waals surface area contributed by atoms with Crippen LogP contribution in [0.1, 0.15) is 24.4 Å². The summed E-state index contributed by atoms with van der Waals surface area (Å²) in [5.41, 5.74) is 1.44. The minimum atomic E-state index is -0.257. The number of thiophene rings is 1. The molecule has 0 saturated carbocycles. The number of aromatic nitrogens is 2. The minimum absolute atomic E-state index is 0.0378. The van der Waals surface area contributed by atoms with Crippen molar-refractivity contribution >= 4 is 21.6 Å². The molecule has 0 aliphatic rings. The molecule has 3 rings (SSSR count). The Balaban J connectivity index is 1.75. The summed E-state index contributed by atoms with van der Waals surface area (Å²) in [5.74, 6) is 0.321. The van der Waals surface area contributed by atoms with Crippen molar-refractivity contribution in [3.63, 3.8) is 0 Å². The third-order valence-electron chi connectivity index (χ3n) is 3.29. The predicted molar refractivity (Wildman–Crippen MR) is 81.9 cm³/mol. The van der Waals surface area contributed by atoms with Crippen molar-refractivity contribution < 1.29 is 4.39 Å². The van der Waals surface area contributed by atoms with Crippen LogP contribution in [0, 0.1) is 5.82 Å². The number of rotatable bonds is 4. The highest BCUT2D eigenvalue weighted by atomic mass is 32.1. The lowest BCUT2D eigenvalue weighted by molar-refractivity contribution is 0.552. The number of nitrogens with one attached hydrogen (secondary N) is 2. The van der Waals surface area contributed by atoms with Crippen LogP contribution in [0.4, 0.5) is 4.39 Å². The van der Waals surface area contributed by atoms with Crippen LogP contribution in [-0.2, 0) is 6.54 Å². The van der Waals surface area contributed by atoms with Gasteiger partial charge in [-0.3, -0.25) is 4.79 Å². The van der Waals surface area contributed by atoms with E-state index >= 15 is 0 Å². The summed E-state index contributed by atoms with van der Waals surface area (Å²) in [6.07, 6.45) is 0. The first-order valence-corrected chi connectivity index (χ1v) is 7.46. The number of nitrogens with zero attached hydrogens (tertiary/aromatic N) is 1. The van der Waals surface area contributed by atoms with Gasteiger partial charge in [-0.05, 0) is 36.1 Å². The van der Waals surface area contributed by atoms with Gasteiger partial charge in [-0.25, -0.2) is 9.37 Å². The summed E-state index contributed by atoms with van der Waals surface area (Å²) in [7, 11) is 0. The van der Waals surface area contributed by atoms with Crippen molar-refractivity contribution in [3.8, 4) is 0 Å². The average molecular weight is 303 g/mol. The van der Waals surface area contributed by atoms with Gasteiger partial charge in [-0.1, -0.05) is 12.1 Å². The van der Waals surface area contributed by atoms with Crippen molar-refractivity contribution in [2.24, 2.45) is 0 Å². The molecule has 0 unspecified atom stereocenters. The van der Waals surface area contributed by atoms with E-state index < -0.39 is 0 Å². The first-order chi connectivity index (χ1) is 10.1. The van der Waals surface area contributed by atoms with E-state index in [1.165, 1.54) is 23.5 Å². The van der Waals surface area contributed by atoms with Crippen LogP contribution in [-0.4, -0.2) is 9.97 Å². The highest BCUT2D eigenvalue weighted by Gasteiger charge is 2.08. The highest BCUT2D eigenvalue weighted by molar-refractivity contribution is 7.17.